The van der Waals surface area contributed by atoms with Gasteiger partial charge in [0.1, 0.15) is 12.2 Å². The summed E-state index contributed by atoms with van der Waals surface area (Å²) in [6.07, 6.45) is 2.96. The van der Waals surface area contributed by atoms with E-state index in [9.17, 15) is 4.79 Å². The summed E-state index contributed by atoms with van der Waals surface area (Å²) in [5.74, 6) is 0.516. The summed E-state index contributed by atoms with van der Waals surface area (Å²) in [6.45, 7) is 4.84. The average molecular weight is 458 g/mol. The van der Waals surface area contributed by atoms with Crippen LogP contribution in [-0.4, -0.2) is 60.0 Å². The van der Waals surface area contributed by atoms with Crippen molar-refractivity contribution in [2.24, 2.45) is 0 Å². The molecule has 3 N–H and O–H groups in total. The fraction of sp³-hybridized carbons (Fsp3) is 0.269. The number of rotatable bonds is 7. The Kier molecular flexibility index (Phi) is 6.51. The van der Waals surface area contributed by atoms with E-state index in [4.69, 9.17) is 14.5 Å². The predicted molar refractivity (Wildman–Crippen MR) is 130 cm³/mol. The molecule has 1 aromatic heterocycles. The molecule has 3 heterocycles. The summed E-state index contributed by atoms with van der Waals surface area (Å²) < 4.78 is 11.9. The van der Waals surface area contributed by atoms with Crippen molar-refractivity contribution in [3.63, 3.8) is 0 Å². The molecule has 0 aliphatic carbocycles. The summed E-state index contributed by atoms with van der Waals surface area (Å²) >= 11 is 0. The van der Waals surface area contributed by atoms with Crippen LogP contribution in [-0.2, 0) is 9.47 Å². The Hall–Kier alpha value is -3.75. The molecular formula is C26H27N5O3. The molecule has 0 spiro atoms. The molecule has 2 aliphatic rings. The molecule has 3 aromatic rings. The Bertz CT molecular complexity index is 1140. The first kappa shape index (κ1) is 22.1. The lowest BCUT2D eigenvalue weighted by Crippen LogP contribution is -2.48. The van der Waals surface area contributed by atoms with Gasteiger partial charge in [-0.3, -0.25) is 0 Å². The van der Waals surface area contributed by atoms with E-state index in [0.29, 0.717) is 25.7 Å². The molecule has 4 unspecified atom stereocenters. The first-order chi connectivity index (χ1) is 16.7. The molecule has 0 radical (unpaired) electrons. The number of anilines is 1. The van der Waals surface area contributed by atoms with Gasteiger partial charge in [0, 0.05) is 18.3 Å². The minimum atomic E-state index is -0.261. The van der Waals surface area contributed by atoms with E-state index in [1.54, 1.807) is 12.3 Å². The zero-order valence-electron chi connectivity index (χ0n) is 18.7. The van der Waals surface area contributed by atoms with Gasteiger partial charge in [0.2, 0.25) is 5.95 Å². The molecule has 0 saturated carbocycles. The van der Waals surface area contributed by atoms with E-state index in [1.165, 1.54) is 5.56 Å². The molecule has 4 atom stereocenters. The molecule has 8 heteroatoms. The molecule has 174 valence electrons. The van der Waals surface area contributed by atoms with Gasteiger partial charge in [0.25, 0.3) is 0 Å². The minimum absolute atomic E-state index is 0.108. The topological polar surface area (TPSA) is 97.4 Å². The van der Waals surface area contributed by atoms with Crippen LogP contribution in [0.3, 0.4) is 0 Å². The van der Waals surface area contributed by atoms with Crippen LogP contribution < -0.4 is 16.0 Å². The smallest absolute Gasteiger partial charge is 0.315 e. The summed E-state index contributed by atoms with van der Waals surface area (Å²) in [7, 11) is 0. The van der Waals surface area contributed by atoms with Gasteiger partial charge in [-0.15, -0.1) is 6.58 Å². The van der Waals surface area contributed by atoms with Gasteiger partial charge in [-0.25, -0.2) is 14.8 Å². The number of ether oxygens (including phenoxy) is 2. The maximum atomic E-state index is 12.0. The molecule has 0 bridgehead atoms. The lowest BCUT2D eigenvalue weighted by molar-refractivity contribution is 0.0682. The zero-order chi connectivity index (χ0) is 23.3. The van der Waals surface area contributed by atoms with Gasteiger partial charge in [-0.1, -0.05) is 60.7 Å². The van der Waals surface area contributed by atoms with E-state index in [1.807, 2.05) is 24.3 Å². The van der Waals surface area contributed by atoms with Gasteiger partial charge >= 0.3 is 6.03 Å². The third-order valence-corrected chi connectivity index (χ3v) is 6.03. The lowest BCUT2D eigenvalue weighted by atomic mass is 10.0. The molecule has 2 fully saturated rings. The predicted octanol–water partition coefficient (Wildman–Crippen LogP) is 3.24. The Morgan fingerprint density at radius 1 is 0.941 bits per heavy atom. The highest BCUT2D eigenvalue weighted by Crippen LogP contribution is 2.29. The number of hydrogen-bond acceptors (Lipinski definition) is 6. The first-order valence-electron chi connectivity index (χ1n) is 11.3. The molecule has 2 aromatic carbocycles. The summed E-state index contributed by atoms with van der Waals surface area (Å²) in [5.41, 5.74) is 4.18. The standard InChI is InChI=1S/C26H27N5O3/c1-2-13-28-26(32)31-22-16-34-23-21(15-33-24(22)23)30-25-27-14-12-20(29-25)19-10-8-18(9-11-19)17-6-4-3-5-7-17/h2-12,14,21-24H,1,13,15-16H2,(H,27,29,30)(H2,28,31,32). The monoisotopic (exact) mass is 457 g/mol. The van der Waals surface area contributed by atoms with Crippen molar-refractivity contribution in [2.75, 3.05) is 25.1 Å². The fourth-order valence-corrected chi connectivity index (χ4v) is 4.35. The van der Waals surface area contributed by atoms with Crippen molar-refractivity contribution in [3.05, 3.63) is 79.5 Å². The van der Waals surface area contributed by atoms with E-state index in [2.05, 4.69) is 63.9 Å². The number of carbonyl (C=O) groups is 1. The van der Waals surface area contributed by atoms with Crippen molar-refractivity contribution < 1.29 is 14.3 Å². The van der Waals surface area contributed by atoms with E-state index in [0.717, 1.165) is 16.8 Å². The number of hydrogen-bond donors (Lipinski definition) is 3. The number of nitrogens with one attached hydrogen (secondary N) is 3. The third-order valence-electron chi connectivity index (χ3n) is 6.03. The van der Waals surface area contributed by atoms with Crippen LogP contribution in [0.4, 0.5) is 10.7 Å². The van der Waals surface area contributed by atoms with E-state index < -0.39 is 0 Å². The van der Waals surface area contributed by atoms with Crippen molar-refractivity contribution >= 4 is 12.0 Å². The Balaban J connectivity index is 1.23. The summed E-state index contributed by atoms with van der Waals surface area (Å²) in [6, 6.07) is 19.9. The highest BCUT2D eigenvalue weighted by molar-refractivity contribution is 5.74. The van der Waals surface area contributed by atoms with Crippen LogP contribution in [0.2, 0.25) is 0 Å². The van der Waals surface area contributed by atoms with Crippen LogP contribution in [0.15, 0.2) is 79.5 Å². The second kappa shape index (κ2) is 10.0. The van der Waals surface area contributed by atoms with Crippen molar-refractivity contribution in [3.8, 4) is 22.4 Å². The van der Waals surface area contributed by atoms with Crippen LogP contribution in [0.1, 0.15) is 0 Å². The molecule has 5 rings (SSSR count). The van der Waals surface area contributed by atoms with Crippen molar-refractivity contribution in [1.29, 1.82) is 0 Å². The number of nitrogens with zero attached hydrogens (tertiary/aromatic N) is 2. The second-order valence-electron chi connectivity index (χ2n) is 8.31. The molecule has 2 amide bonds. The van der Waals surface area contributed by atoms with E-state index >= 15 is 0 Å². The maximum absolute atomic E-state index is 12.0. The molecule has 34 heavy (non-hydrogen) atoms. The second-order valence-corrected chi connectivity index (χ2v) is 8.31. The SMILES string of the molecule is C=CCNC(=O)NC1COC2C(Nc3nccc(-c4ccc(-c5ccccc5)cc4)n3)COC12. The average Bonchev–Trinajstić information content (AvgIpc) is 3.47. The number of fused-ring (bicyclic) bond motifs is 1. The zero-order valence-corrected chi connectivity index (χ0v) is 18.7. The highest BCUT2D eigenvalue weighted by atomic mass is 16.6. The van der Waals surface area contributed by atoms with Crippen LogP contribution in [0.5, 0.6) is 0 Å². The molecule has 2 aliphatic heterocycles. The fourth-order valence-electron chi connectivity index (χ4n) is 4.35. The normalized spacial score (nSPS) is 23.2. The lowest BCUT2D eigenvalue weighted by Gasteiger charge is -2.18. The van der Waals surface area contributed by atoms with Gasteiger partial charge in [0.05, 0.1) is 31.0 Å². The van der Waals surface area contributed by atoms with Gasteiger partial charge in [-0.2, -0.15) is 0 Å². The minimum Gasteiger partial charge on any atom is -0.371 e. The Labute approximate surface area is 198 Å². The van der Waals surface area contributed by atoms with Crippen LogP contribution in [0.25, 0.3) is 22.4 Å². The first-order valence-corrected chi connectivity index (χ1v) is 11.3. The van der Waals surface area contributed by atoms with Gasteiger partial charge in [0.15, 0.2) is 0 Å². The Morgan fingerprint density at radius 2 is 1.62 bits per heavy atom. The largest absolute Gasteiger partial charge is 0.371 e. The maximum Gasteiger partial charge on any atom is 0.315 e. The number of aromatic nitrogens is 2. The number of urea groups is 1. The Morgan fingerprint density at radius 3 is 2.38 bits per heavy atom. The molecule has 8 nitrogen and oxygen atoms in total. The third kappa shape index (κ3) is 4.78. The molecular weight excluding hydrogens is 430 g/mol. The number of amides is 2. The van der Waals surface area contributed by atoms with Gasteiger partial charge < -0.3 is 25.4 Å². The molecule has 2 saturated heterocycles. The van der Waals surface area contributed by atoms with Gasteiger partial charge in [-0.05, 0) is 17.2 Å². The number of benzene rings is 2. The van der Waals surface area contributed by atoms with Crippen molar-refractivity contribution in [1.82, 2.24) is 20.6 Å². The van der Waals surface area contributed by atoms with Crippen LogP contribution >= 0.6 is 0 Å². The van der Waals surface area contributed by atoms with Crippen LogP contribution in [0, 0.1) is 0 Å². The summed E-state index contributed by atoms with van der Waals surface area (Å²) in [4.78, 5) is 21.1. The quantitative estimate of drug-likeness (QED) is 0.472. The summed E-state index contributed by atoms with van der Waals surface area (Å²) in [5, 5.41) is 8.97. The van der Waals surface area contributed by atoms with E-state index in [-0.39, 0.29) is 30.3 Å². The highest BCUT2D eigenvalue weighted by Gasteiger charge is 2.48. The van der Waals surface area contributed by atoms with Crippen molar-refractivity contribution in [2.45, 2.75) is 24.3 Å². The number of carbonyl (C=O) groups excluding carboxylic acids is 1.